The summed E-state index contributed by atoms with van der Waals surface area (Å²) < 4.78 is 29.1. The second-order valence-electron chi connectivity index (χ2n) is 6.96. The van der Waals surface area contributed by atoms with Gasteiger partial charge in [0.05, 0.1) is 18.1 Å². The molecular formula is C15H29NO3S. The lowest BCUT2D eigenvalue weighted by atomic mass is 9.92. The highest BCUT2D eigenvalue weighted by Crippen LogP contribution is 2.30. The molecule has 0 aromatic heterocycles. The summed E-state index contributed by atoms with van der Waals surface area (Å²) >= 11 is 0. The fourth-order valence-corrected chi connectivity index (χ4v) is 4.70. The Bertz CT molecular complexity index is 382. The zero-order chi connectivity index (χ0) is 14.6. The molecule has 0 spiro atoms. The summed E-state index contributed by atoms with van der Waals surface area (Å²) in [5.41, 5.74) is 0. The number of nitrogens with one attached hydrogen (secondary N) is 1. The van der Waals surface area contributed by atoms with Gasteiger partial charge in [-0.2, -0.15) is 0 Å². The zero-order valence-corrected chi connectivity index (χ0v) is 13.6. The van der Waals surface area contributed by atoms with E-state index in [0.29, 0.717) is 29.9 Å². The predicted octanol–water partition coefficient (Wildman–Crippen LogP) is 1.71. The molecular weight excluding hydrogens is 274 g/mol. The van der Waals surface area contributed by atoms with Crippen molar-refractivity contribution in [3.05, 3.63) is 0 Å². The van der Waals surface area contributed by atoms with Crippen molar-refractivity contribution in [3.63, 3.8) is 0 Å². The fourth-order valence-electron chi connectivity index (χ4n) is 2.79. The number of hydrogen-bond acceptors (Lipinski definition) is 4. The van der Waals surface area contributed by atoms with Crippen LogP contribution in [0.2, 0.25) is 0 Å². The lowest BCUT2D eigenvalue weighted by Crippen LogP contribution is -2.34. The Kier molecular flexibility index (Phi) is 5.87. The zero-order valence-electron chi connectivity index (χ0n) is 12.8. The second-order valence-corrected chi connectivity index (χ2v) is 9.18. The summed E-state index contributed by atoms with van der Waals surface area (Å²) in [6, 6.07) is 0. The van der Waals surface area contributed by atoms with E-state index in [1.165, 1.54) is 12.8 Å². The van der Waals surface area contributed by atoms with Gasteiger partial charge < -0.3 is 10.1 Å². The predicted molar refractivity (Wildman–Crippen MR) is 81.5 cm³/mol. The molecule has 2 rings (SSSR count). The molecule has 2 atom stereocenters. The van der Waals surface area contributed by atoms with Crippen LogP contribution >= 0.6 is 0 Å². The molecule has 1 heterocycles. The minimum atomic E-state index is -2.79. The molecule has 1 saturated heterocycles. The van der Waals surface area contributed by atoms with Crippen molar-refractivity contribution in [1.82, 2.24) is 5.32 Å². The van der Waals surface area contributed by atoms with Gasteiger partial charge in [-0.3, -0.25) is 0 Å². The van der Waals surface area contributed by atoms with E-state index in [1.54, 1.807) is 0 Å². The summed E-state index contributed by atoms with van der Waals surface area (Å²) in [7, 11) is -2.79. The topological polar surface area (TPSA) is 55.4 Å². The lowest BCUT2D eigenvalue weighted by molar-refractivity contribution is 0.0734. The Labute approximate surface area is 123 Å². The first kappa shape index (κ1) is 16.2. The first-order valence-electron chi connectivity index (χ1n) is 7.95. The first-order chi connectivity index (χ1) is 9.46. The fraction of sp³-hybridized carbons (Fsp3) is 1.00. The van der Waals surface area contributed by atoms with Gasteiger partial charge >= 0.3 is 0 Å². The molecule has 0 amide bonds. The molecule has 0 aromatic carbocycles. The van der Waals surface area contributed by atoms with Crippen LogP contribution < -0.4 is 5.32 Å². The van der Waals surface area contributed by atoms with Gasteiger partial charge in [0, 0.05) is 13.2 Å². The van der Waals surface area contributed by atoms with E-state index in [4.69, 9.17) is 4.74 Å². The highest BCUT2D eigenvalue weighted by molar-refractivity contribution is 7.91. The molecule has 1 aliphatic carbocycles. The molecule has 0 aromatic rings. The minimum absolute atomic E-state index is 0.277. The van der Waals surface area contributed by atoms with E-state index in [9.17, 15) is 8.42 Å². The molecule has 2 fully saturated rings. The Morgan fingerprint density at radius 2 is 1.95 bits per heavy atom. The number of sulfone groups is 1. The number of rotatable bonds is 9. The SMILES string of the molecule is CC(C)CNCC(COCC1CC1)C1CCS(=O)(=O)C1. The monoisotopic (exact) mass is 303 g/mol. The molecule has 1 aliphatic heterocycles. The van der Waals surface area contributed by atoms with Crippen molar-refractivity contribution < 1.29 is 13.2 Å². The summed E-state index contributed by atoms with van der Waals surface area (Å²) in [5, 5.41) is 3.47. The number of hydrogen-bond donors (Lipinski definition) is 1. The van der Waals surface area contributed by atoms with Gasteiger partial charge in [-0.25, -0.2) is 8.42 Å². The van der Waals surface area contributed by atoms with Gasteiger partial charge in [0.25, 0.3) is 0 Å². The third kappa shape index (κ3) is 5.70. The van der Waals surface area contributed by atoms with E-state index in [2.05, 4.69) is 19.2 Å². The largest absolute Gasteiger partial charge is 0.381 e. The Balaban J connectivity index is 1.78. The molecule has 0 bridgehead atoms. The molecule has 0 radical (unpaired) electrons. The standard InChI is InChI=1S/C15H29NO3S/c1-12(2)7-16-8-15(10-19-9-13-3-4-13)14-5-6-20(17,18)11-14/h12-16H,3-11H2,1-2H3. The smallest absolute Gasteiger partial charge is 0.150 e. The lowest BCUT2D eigenvalue weighted by Gasteiger charge is -2.23. The summed E-state index contributed by atoms with van der Waals surface area (Å²) in [5.74, 6) is 2.72. The summed E-state index contributed by atoms with van der Waals surface area (Å²) in [4.78, 5) is 0. The van der Waals surface area contributed by atoms with Crippen LogP contribution in [0.4, 0.5) is 0 Å². The van der Waals surface area contributed by atoms with Gasteiger partial charge in [0.15, 0.2) is 9.84 Å². The maximum absolute atomic E-state index is 11.7. The Morgan fingerprint density at radius 3 is 2.50 bits per heavy atom. The minimum Gasteiger partial charge on any atom is -0.381 e. The highest BCUT2D eigenvalue weighted by Gasteiger charge is 2.34. The van der Waals surface area contributed by atoms with Gasteiger partial charge in [-0.1, -0.05) is 13.8 Å². The van der Waals surface area contributed by atoms with Crippen molar-refractivity contribution in [3.8, 4) is 0 Å². The molecule has 118 valence electrons. The van der Waals surface area contributed by atoms with Crippen LogP contribution in [0.3, 0.4) is 0 Å². The maximum Gasteiger partial charge on any atom is 0.150 e. The molecule has 2 aliphatic rings. The highest BCUT2D eigenvalue weighted by atomic mass is 32.2. The van der Waals surface area contributed by atoms with Crippen LogP contribution in [-0.2, 0) is 14.6 Å². The van der Waals surface area contributed by atoms with E-state index in [-0.39, 0.29) is 5.92 Å². The van der Waals surface area contributed by atoms with Crippen LogP contribution in [0.15, 0.2) is 0 Å². The van der Waals surface area contributed by atoms with Gasteiger partial charge in [-0.05, 0) is 49.5 Å². The van der Waals surface area contributed by atoms with Crippen molar-refractivity contribution in [2.24, 2.45) is 23.7 Å². The van der Waals surface area contributed by atoms with Crippen molar-refractivity contribution in [1.29, 1.82) is 0 Å². The van der Waals surface area contributed by atoms with Crippen LogP contribution in [-0.4, -0.2) is 46.2 Å². The third-order valence-electron chi connectivity index (χ3n) is 4.28. The van der Waals surface area contributed by atoms with Crippen molar-refractivity contribution in [2.45, 2.75) is 33.1 Å². The van der Waals surface area contributed by atoms with E-state index in [0.717, 1.165) is 32.0 Å². The van der Waals surface area contributed by atoms with Crippen LogP contribution in [0.25, 0.3) is 0 Å². The Hall–Kier alpha value is -0.130. The third-order valence-corrected chi connectivity index (χ3v) is 6.07. The molecule has 2 unspecified atom stereocenters. The normalized spacial score (nSPS) is 27.1. The average Bonchev–Trinajstić information content (AvgIpc) is 3.10. The average molecular weight is 303 g/mol. The molecule has 4 nitrogen and oxygen atoms in total. The van der Waals surface area contributed by atoms with Gasteiger partial charge in [-0.15, -0.1) is 0 Å². The molecule has 5 heteroatoms. The van der Waals surface area contributed by atoms with Crippen LogP contribution in [0, 0.1) is 23.7 Å². The van der Waals surface area contributed by atoms with E-state index >= 15 is 0 Å². The first-order valence-corrected chi connectivity index (χ1v) is 9.77. The van der Waals surface area contributed by atoms with E-state index in [1.807, 2.05) is 0 Å². The Morgan fingerprint density at radius 1 is 1.20 bits per heavy atom. The van der Waals surface area contributed by atoms with Gasteiger partial charge in [0.1, 0.15) is 0 Å². The second kappa shape index (κ2) is 7.23. The molecule has 20 heavy (non-hydrogen) atoms. The van der Waals surface area contributed by atoms with Crippen LogP contribution in [0.1, 0.15) is 33.1 Å². The molecule has 1 saturated carbocycles. The van der Waals surface area contributed by atoms with Crippen molar-refractivity contribution in [2.75, 3.05) is 37.8 Å². The quantitative estimate of drug-likeness (QED) is 0.704. The van der Waals surface area contributed by atoms with Crippen molar-refractivity contribution >= 4 is 9.84 Å². The van der Waals surface area contributed by atoms with Gasteiger partial charge in [0.2, 0.25) is 0 Å². The molecule has 1 N–H and O–H groups in total. The van der Waals surface area contributed by atoms with Crippen LogP contribution in [0.5, 0.6) is 0 Å². The number of ether oxygens (including phenoxy) is 1. The maximum atomic E-state index is 11.7. The van der Waals surface area contributed by atoms with E-state index < -0.39 is 9.84 Å². The summed E-state index contributed by atoms with van der Waals surface area (Å²) in [6.07, 6.45) is 3.41. The summed E-state index contributed by atoms with van der Waals surface area (Å²) in [6.45, 7) is 7.81.